The largest absolute Gasteiger partial charge is 0.454 e. The number of ether oxygens (including phenoxy) is 2. The second-order valence-electron chi connectivity index (χ2n) is 9.68. The first-order chi connectivity index (χ1) is 17.9. The summed E-state index contributed by atoms with van der Waals surface area (Å²) in [6.07, 6.45) is 0.671. The Morgan fingerprint density at radius 1 is 1.00 bits per heavy atom. The second-order valence-corrected chi connectivity index (χ2v) is 9.68. The SMILES string of the molecule is Cc1ccc(C(=O)N[C@H](CC(C)C)c2nc3ccccc3n2CC(=O)Nc2ccc3c(c2)OCO3)cc1. The van der Waals surface area contributed by atoms with Crippen molar-refractivity contribution in [1.29, 1.82) is 0 Å². The molecule has 0 radical (unpaired) electrons. The number of aromatic nitrogens is 2. The number of hydrogen-bond acceptors (Lipinski definition) is 5. The van der Waals surface area contributed by atoms with E-state index in [0.29, 0.717) is 40.9 Å². The molecular formula is C29H30N4O4. The van der Waals surface area contributed by atoms with E-state index in [1.807, 2.05) is 60.0 Å². The van der Waals surface area contributed by atoms with Crippen molar-refractivity contribution in [3.05, 3.63) is 83.7 Å². The number of amides is 2. The smallest absolute Gasteiger partial charge is 0.251 e. The van der Waals surface area contributed by atoms with Crippen LogP contribution in [0.5, 0.6) is 11.5 Å². The van der Waals surface area contributed by atoms with Crippen molar-refractivity contribution in [3.63, 3.8) is 0 Å². The van der Waals surface area contributed by atoms with E-state index in [0.717, 1.165) is 16.6 Å². The number of para-hydroxylation sites is 2. The van der Waals surface area contributed by atoms with Gasteiger partial charge >= 0.3 is 0 Å². The summed E-state index contributed by atoms with van der Waals surface area (Å²) >= 11 is 0. The molecular weight excluding hydrogens is 468 g/mol. The predicted octanol–water partition coefficient (Wildman–Crippen LogP) is 5.23. The summed E-state index contributed by atoms with van der Waals surface area (Å²) in [5.74, 6) is 1.81. The molecule has 8 nitrogen and oxygen atoms in total. The summed E-state index contributed by atoms with van der Waals surface area (Å²) in [5.41, 5.74) is 3.89. The Kier molecular flexibility index (Phi) is 6.81. The van der Waals surface area contributed by atoms with Crippen molar-refractivity contribution in [3.8, 4) is 11.5 Å². The molecule has 0 bridgehead atoms. The molecule has 0 fully saturated rings. The predicted molar refractivity (Wildman–Crippen MR) is 142 cm³/mol. The standard InChI is InChI=1S/C29H30N4O4/c1-18(2)14-23(32-29(35)20-10-8-19(3)9-11-20)28-31-22-6-4-5-7-24(22)33(28)16-27(34)30-21-12-13-25-26(15-21)37-17-36-25/h4-13,15,18,23H,14,16-17H2,1-3H3,(H,30,34)(H,32,35)/t23-/m1/s1. The topological polar surface area (TPSA) is 94.5 Å². The van der Waals surface area contributed by atoms with Gasteiger partial charge < -0.3 is 24.7 Å². The molecule has 0 aliphatic carbocycles. The van der Waals surface area contributed by atoms with Crippen molar-refractivity contribution in [1.82, 2.24) is 14.9 Å². The monoisotopic (exact) mass is 498 g/mol. The van der Waals surface area contributed by atoms with Gasteiger partial charge in [0.15, 0.2) is 11.5 Å². The number of rotatable bonds is 8. The quantitative estimate of drug-likeness (QED) is 0.347. The van der Waals surface area contributed by atoms with Crippen LogP contribution in [0.1, 0.15) is 48.1 Å². The molecule has 1 atom stereocenters. The fourth-order valence-corrected chi connectivity index (χ4v) is 4.49. The van der Waals surface area contributed by atoms with Crippen LogP contribution in [-0.4, -0.2) is 28.2 Å². The van der Waals surface area contributed by atoms with Gasteiger partial charge in [-0.2, -0.15) is 0 Å². The number of nitrogens with one attached hydrogen (secondary N) is 2. The summed E-state index contributed by atoms with van der Waals surface area (Å²) in [4.78, 5) is 31.2. The number of carbonyl (C=O) groups is 2. The molecule has 4 aromatic rings. The van der Waals surface area contributed by atoms with E-state index in [1.165, 1.54) is 0 Å². The highest BCUT2D eigenvalue weighted by atomic mass is 16.7. The van der Waals surface area contributed by atoms with Gasteiger partial charge in [-0.3, -0.25) is 9.59 Å². The lowest BCUT2D eigenvalue weighted by molar-refractivity contribution is -0.116. The Bertz CT molecular complexity index is 1440. The molecule has 0 unspecified atom stereocenters. The average Bonchev–Trinajstić information content (AvgIpc) is 3.48. The van der Waals surface area contributed by atoms with Gasteiger partial charge in [-0.15, -0.1) is 0 Å². The molecule has 0 spiro atoms. The second kappa shape index (κ2) is 10.3. The van der Waals surface area contributed by atoms with Gasteiger partial charge in [0.1, 0.15) is 12.4 Å². The summed E-state index contributed by atoms with van der Waals surface area (Å²) in [6, 6.07) is 20.1. The summed E-state index contributed by atoms with van der Waals surface area (Å²) in [7, 11) is 0. The fourth-order valence-electron chi connectivity index (χ4n) is 4.49. The fraction of sp³-hybridized carbons (Fsp3) is 0.276. The number of nitrogens with zero attached hydrogens (tertiary/aromatic N) is 2. The molecule has 5 rings (SSSR count). The Balaban J connectivity index is 1.44. The van der Waals surface area contributed by atoms with E-state index in [4.69, 9.17) is 14.5 Å². The van der Waals surface area contributed by atoms with Crippen molar-refractivity contribution in [2.75, 3.05) is 12.1 Å². The summed E-state index contributed by atoms with van der Waals surface area (Å²) in [6.45, 7) is 6.40. The molecule has 3 aromatic carbocycles. The van der Waals surface area contributed by atoms with Crippen LogP contribution in [0.3, 0.4) is 0 Å². The third-order valence-corrected chi connectivity index (χ3v) is 6.28. The van der Waals surface area contributed by atoms with Crippen LogP contribution in [-0.2, 0) is 11.3 Å². The van der Waals surface area contributed by atoms with Gasteiger partial charge in [0.05, 0.1) is 17.1 Å². The van der Waals surface area contributed by atoms with Gasteiger partial charge in [0.2, 0.25) is 12.7 Å². The number of anilines is 1. The Hall–Kier alpha value is -4.33. The van der Waals surface area contributed by atoms with Crippen LogP contribution in [0, 0.1) is 12.8 Å². The average molecular weight is 499 g/mol. The van der Waals surface area contributed by atoms with Crippen LogP contribution in [0.15, 0.2) is 66.7 Å². The van der Waals surface area contributed by atoms with Gasteiger partial charge in [-0.05, 0) is 55.7 Å². The molecule has 1 aliphatic heterocycles. The molecule has 0 saturated heterocycles. The molecule has 2 amide bonds. The lowest BCUT2D eigenvalue weighted by atomic mass is 10.0. The van der Waals surface area contributed by atoms with Gasteiger partial charge in [-0.25, -0.2) is 4.98 Å². The van der Waals surface area contributed by atoms with E-state index in [9.17, 15) is 9.59 Å². The minimum Gasteiger partial charge on any atom is -0.454 e. The third-order valence-electron chi connectivity index (χ3n) is 6.28. The Morgan fingerprint density at radius 3 is 2.54 bits per heavy atom. The van der Waals surface area contributed by atoms with E-state index >= 15 is 0 Å². The lowest BCUT2D eigenvalue weighted by Gasteiger charge is -2.22. The molecule has 0 saturated carbocycles. The van der Waals surface area contributed by atoms with E-state index in [2.05, 4.69) is 24.5 Å². The minimum atomic E-state index is -0.375. The molecule has 1 aromatic heterocycles. The zero-order valence-electron chi connectivity index (χ0n) is 21.2. The van der Waals surface area contributed by atoms with Crippen molar-refractivity contribution >= 4 is 28.5 Å². The number of hydrogen-bond donors (Lipinski definition) is 2. The third kappa shape index (κ3) is 5.43. The Labute approximate surface area is 215 Å². The highest BCUT2D eigenvalue weighted by Crippen LogP contribution is 2.34. The van der Waals surface area contributed by atoms with Crippen LogP contribution < -0.4 is 20.1 Å². The molecule has 2 heterocycles. The van der Waals surface area contributed by atoms with E-state index in [-0.39, 0.29) is 31.2 Å². The van der Waals surface area contributed by atoms with Crippen molar-refractivity contribution in [2.45, 2.75) is 39.8 Å². The number of imidazole rings is 1. The van der Waals surface area contributed by atoms with Crippen molar-refractivity contribution in [2.24, 2.45) is 5.92 Å². The molecule has 8 heteroatoms. The molecule has 190 valence electrons. The summed E-state index contributed by atoms with van der Waals surface area (Å²) < 4.78 is 12.7. The zero-order chi connectivity index (χ0) is 25.9. The first-order valence-corrected chi connectivity index (χ1v) is 12.4. The van der Waals surface area contributed by atoms with Crippen molar-refractivity contribution < 1.29 is 19.1 Å². The molecule has 37 heavy (non-hydrogen) atoms. The van der Waals surface area contributed by atoms with Crippen LogP contribution in [0.4, 0.5) is 5.69 Å². The van der Waals surface area contributed by atoms with E-state index < -0.39 is 0 Å². The summed E-state index contributed by atoms with van der Waals surface area (Å²) in [5, 5.41) is 6.11. The van der Waals surface area contributed by atoms with Gasteiger partial charge in [-0.1, -0.05) is 43.7 Å². The highest BCUT2D eigenvalue weighted by molar-refractivity contribution is 5.95. The number of benzene rings is 3. The zero-order valence-corrected chi connectivity index (χ0v) is 21.2. The van der Waals surface area contributed by atoms with Crippen LogP contribution >= 0.6 is 0 Å². The maximum Gasteiger partial charge on any atom is 0.251 e. The number of fused-ring (bicyclic) bond motifs is 2. The minimum absolute atomic E-state index is 0.0410. The van der Waals surface area contributed by atoms with Crippen LogP contribution in [0.25, 0.3) is 11.0 Å². The van der Waals surface area contributed by atoms with Gasteiger partial charge in [0.25, 0.3) is 5.91 Å². The maximum absolute atomic E-state index is 13.2. The normalized spacial score (nSPS) is 13.1. The first kappa shape index (κ1) is 24.4. The Morgan fingerprint density at radius 2 is 1.76 bits per heavy atom. The lowest BCUT2D eigenvalue weighted by Crippen LogP contribution is -2.32. The maximum atomic E-state index is 13.2. The van der Waals surface area contributed by atoms with E-state index in [1.54, 1.807) is 18.2 Å². The van der Waals surface area contributed by atoms with Gasteiger partial charge in [0, 0.05) is 17.3 Å². The number of aryl methyl sites for hydroxylation is 1. The molecule has 1 aliphatic rings. The van der Waals surface area contributed by atoms with Crippen LogP contribution in [0.2, 0.25) is 0 Å². The first-order valence-electron chi connectivity index (χ1n) is 12.4. The highest BCUT2D eigenvalue weighted by Gasteiger charge is 2.25. The molecule has 2 N–H and O–H groups in total. The number of carbonyl (C=O) groups excluding carboxylic acids is 2.